The predicted octanol–water partition coefficient (Wildman–Crippen LogP) is 2.68. The molecule has 2 aromatic heterocycles. The molecule has 0 saturated heterocycles. The van der Waals surface area contributed by atoms with Gasteiger partial charge in [0.15, 0.2) is 0 Å². The van der Waals surface area contributed by atoms with Gasteiger partial charge in [-0.05, 0) is 24.3 Å². The van der Waals surface area contributed by atoms with Gasteiger partial charge in [0.1, 0.15) is 17.3 Å². The molecular weight excluding hydrogens is 190 g/mol. The number of hydrogen-bond donors (Lipinski definition) is 1. The number of aryl methyl sites for hydroxylation is 1. The van der Waals surface area contributed by atoms with Crippen LogP contribution >= 0.6 is 0 Å². The lowest BCUT2D eigenvalue weighted by Crippen LogP contribution is -2.11. The standard InChI is InChI=1S/C12H15NO2/c1-2-9-5-6-12(15-9)11(13)8-10-4-3-7-14-10/h3-7,11H,2,8,13H2,1H3. The maximum absolute atomic E-state index is 6.00. The van der Waals surface area contributed by atoms with Crippen LogP contribution in [0, 0.1) is 0 Å². The average Bonchev–Trinajstić information content (AvgIpc) is 2.86. The second-order valence-electron chi connectivity index (χ2n) is 3.55. The Kier molecular flexibility index (Phi) is 2.92. The molecule has 0 spiro atoms. The third-order valence-corrected chi connectivity index (χ3v) is 2.40. The Labute approximate surface area is 88.9 Å². The highest BCUT2D eigenvalue weighted by atomic mass is 16.3. The molecule has 0 aromatic carbocycles. The highest BCUT2D eigenvalue weighted by Gasteiger charge is 2.12. The summed E-state index contributed by atoms with van der Waals surface area (Å²) in [4.78, 5) is 0. The quantitative estimate of drug-likeness (QED) is 0.834. The van der Waals surface area contributed by atoms with Gasteiger partial charge in [0, 0.05) is 12.8 Å². The molecule has 3 nitrogen and oxygen atoms in total. The Morgan fingerprint density at radius 3 is 2.73 bits per heavy atom. The number of hydrogen-bond acceptors (Lipinski definition) is 3. The lowest BCUT2D eigenvalue weighted by atomic mass is 10.1. The molecule has 15 heavy (non-hydrogen) atoms. The summed E-state index contributed by atoms with van der Waals surface area (Å²) in [6.07, 6.45) is 3.22. The molecule has 0 amide bonds. The minimum Gasteiger partial charge on any atom is -0.469 e. The van der Waals surface area contributed by atoms with E-state index in [1.54, 1.807) is 6.26 Å². The van der Waals surface area contributed by atoms with Crippen molar-refractivity contribution in [2.75, 3.05) is 0 Å². The van der Waals surface area contributed by atoms with Crippen molar-refractivity contribution in [3.8, 4) is 0 Å². The molecule has 2 heterocycles. The molecule has 0 bridgehead atoms. The summed E-state index contributed by atoms with van der Waals surface area (Å²) in [5.41, 5.74) is 6.00. The van der Waals surface area contributed by atoms with Crippen LogP contribution in [0.3, 0.4) is 0 Å². The summed E-state index contributed by atoms with van der Waals surface area (Å²) in [6, 6.07) is 7.56. The Morgan fingerprint density at radius 2 is 2.13 bits per heavy atom. The van der Waals surface area contributed by atoms with E-state index in [2.05, 4.69) is 6.92 Å². The molecule has 80 valence electrons. The first-order chi connectivity index (χ1) is 7.29. The van der Waals surface area contributed by atoms with Crippen LogP contribution < -0.4 is 5.73 Å². The molecule has 2 aromatic rings. The molecule has 1 atom stereocenters. The first-order valence-electron chi connectivity index (χ1n) is 5.16. The third-order valence-electron chi connectivity index (χ3n) is 2.40. The van der Waals surface area contributed by atoms with E-state index < -0.39 is 0 Å². The Hall–Kier alpha value is -1.48. The monoisotopic (exact) mass is 205 g/mol. The largest absolute Gasteiger partial charge is 0.469 e. The topological polar surface area (TPSA) is 52.3 Å². The lowest BCUT2D eigenvalue weighted by molar-refractivity contribution is 0.414. The van der Waals surface area contributed by atoms with Crippen molar-refractivity contribution in [3.05, 3.63) is 47.8 Å². The van der Waals surface area contributed by atoms with Gasteiger partial charge in [-0.2, -0.15) is 0 Å². The molecule has 1 unspecified atom stereocenters. The van der Waals surface area contributed by atoms with Crippen LogP contribution in [0.4, 0.5) is 0 Å². The zero-order valence-electron chi connectivity index (χ0n) is 8.77. The second-order valence-corrected chi connectivity index (χ2v) is 3.55. The minimum absolute atomic E-state index is 0.128. The predicted molar refractivity (Wildman–Crippen MR) is 57.4 cm³/mol. The fourth-order valence-electron chi connectivity index (χ4n) is 1.53. The van der Waals surface area contributed by atoms with Crippen molar-refractivity contribution in [1.82, 2.24) is 0 Å². The molecular formula is C12H15NO2. The van der Waals surface area contributed by atoms with Gasteiger partial charge in [0.2, 0.25) is 0 Å². The van der Waals surface area contributed by atoms with E-state index in [-0.39, 0.29) is 6.04 Å². The van der Waals surface area contributed by atoms with E-state index in [1.807, 2.05) is 24.3 Å². The molecule has 0 aliphatic rings. The Morgan fingerprint density at radius 1 is 1.27 bits per heavy atom. The van der Waals surface area contributed by atoms with E-state index in [4.69, 9.17) is 14.6 Å². The first kappa shape index (κ1) is 10.1. The van der Waals surface area contributed by atoms with Gasteiger partial charge in [-0.25, -0.2) is 0 Å². The number of furan rings is 2. The van der Waals surface area contributed by atoms with Crippen molar-refractivity contribution in [3.63, 3.8) is 0 Å². The van der Waals surface area contributed by atoms with Crippen molar-refractivity contribution in [2.24, 2.45) is 5.73 Å². The Bertz CT molecular complexity index is 403. The summed E-state index contributed by atoms with van der Waals surface area (Å²) < 4.78 is 10.8. The van der Waals surface area contributed by atoms with Crippen molar-refractivity contribution >= 4 is 0 Å². The van der Waals surface area contributed by atoms with Crippen LogP contribution in [-0.2, 0) is 12.8 Å². The second kappa shape index (κ2) is 4.36. The highest BCUT2D eigenvalue weighted by Crippen LogP contribution is 2.19. The van der Waals surface area contributed by atoms with Crippen LogP contribution in [0.25, 0.3) is 0 Å². The van der Waals surface area contributed by atoms with Crippen LogP contribution in [-0.4, -0.2) is 0 Å². The third kappa shape index (κ3) is 2.30. The molecule has 2 rings (SSSR count). The summed E-state index contributed by atoms with van der Waals surface area (Å²) in [5.74, 6) is 2.68. The molecule has 0 fully saturated rings. The summed E-state index contributed by atoms with van der Waals surface area (Å²) in [7, 11) is 0. The first-order valence-corrected chi connectivity index (χ1v) is 5.16. The van der Waals surface area contributed by atoms with Gasteiger partial charge in [-0.3, -0.25) is 0 Å². The van der Waals surface area contributed by atoms with Gasteiger partial charge in [0.25, 0.3) is 0 Å². The fraction of sp³-hybridized carbons (Fsp3) is 0.333. The normalized spacial score (nSPS) is 12.9. The molecule has 3 heteroatoms. The van der Waals surface area contributed by atoms with Gasteiger partial charge >= 0.3 is 0 Å². The van der Waals surface area contributed by atoms with E-state index in [0.717, 1.165) is 23.7 Å². The summed E-state index contributed by atoms with van der Waals surface area (Å²) in [5, 5.41) is 0. The number of nitrogens with two attached hydrogens (primary N) is 1. The van der Waals surface area contributed by atoms with Gasteiger partial charge in [-0.15, -0.1) is 0 Å². The summed E-state index contributed by atoms with van der Waals surface area (Å²) >= 11 is 0. The SMILES string of the molecule is CCc1ccc(C(N)Cc2ccco2)o1. The van der Waals surface area contributed by atoms with Crippen molar-refractivity contribution < 1.29 is 8.83 Å². The van der Waals surface area contributed by atoms with E-state index in [0.29, 0.717) is 6.42 Å². The zero-order chi connectivity index (χ0) is 10.7. The maximum atomic E-state index is 6.00. The molecule has 2 N–H and O–H groups in total. The van der Waals surface area contributed by atoms with Crippen LogP contribution in [0.2, 0.25) is 0 Å². The zero-order valence-corrected chi connectivity index (χ0v) is 8.77. The number of rotatable bonds is 4. The van der Waals surface area contributed by atoms with E-state index >= 15 is 0 Å². The van der Waals surface area contributed by atoms with E-state index in [9.17, 15) is 0 Å². The molecule has 0 aliphatic carbocycles. The van der Waals surface area contributed by atoms with Crippen molar-refractivity contribution in [2.45, 2.75) is 25.8 Å². The van der Waals surface area contributed by atoms with Gasteiger partial charge in [0.05, 0.1) is 12.3 Å². The van der Waals surface area contributed by atoms with Crippen LogP contribution in [0.15, 0.2) is 39.4 Å². The maximum Gasteiger partial charge on any atom is 0.121 e. The Balaban J connectivity index is 2.04. The van der Waals surface area contributed by atoms with Crippen LogP contribution in [0.5, 0.6) is 0 Å². The minimum atomic E-state index is -0.128. The van der Waals surface area contributed by atoms with Crippen molar-refractivity contribution in [1.29, 1.82) is 0 Å². The highest BCUT2D eigenvalue weighted by molar-refractivity contribution is 5.13. The van der Waals surface area contributed by atoms with E-state index in [1.165, 1.54) is 0 Å². The fourth-order valence-corrected chi connectivity index (χ4v) is 1.53. The smallest absolute Gasteiger partial charge is 0.121 e. The lowest BCUT2D eigenvalue weighted by Gasteiger charge is -2.05. The average molecular weight is 205 g/mol. The molecule has 0 saturated carbocycles. The van der Waals surface area contributed by atoms with Crippen LogP contribution in [0.1, 0.15) is 30.2 Å². The molecule has 0 aliphatic heterocycles. The van der Waals surface area contributed by atoms with Gasteiger partial charge < -0.3 is 14.6 Å². The molecule has 0 radical (unpaired) electrons. The van der Waals surface area contributed by atoms with Gasteiger partial charge in [-0.1, -0.05) is 6.92 Å². The summed E-state index contributed by atoms with van der Waals surface area (Å²) in [6.45, 7) is 2.06.